The van der Waals surface area contributed by atoms with Gasteiger partial charge in [-0.05, 0) is 37.1 Å². The van der Waals surface area contributed by atoms with Crippen LogP contribution in [-0.2, 0) is 0 Å². The van der Waals surface area contributed by atoms with Gasteiger partial charge in [-0.1, -0.05) is 31.5 Å². The Hall–Kier alpha value is -2.40. The monoisotopic (exact) mass is 441 g/mol. The molecule has 1 aliphatic rings. The molecular formula is C22H24ClN5OS. The number of thiophene rings is 1. The Balaban J connectivity index is 1.55. The van der Waals surface area contributed by atoms with Crippen LogP contribution in [0.3, 0.4) is 0 Å². The van der Waals surface area contributed by atoms with E-state index in [1.807, 2.05) is 46.8 Å². The van der Waals surface area contributed by atoms with Crippen LogP contribution in [0.15, 0.2) is 30.3 Å². The lowest BCUT2D eigenvalue weighted by atomic mass is 10.0. The van der Waals surface area contributed by atoms with Crippen LogP contribution >= 0.6 is 22.9 Å². The van der Waals surface area contributed by atoms with E-state index in [4.69, 9.17) is 11.6 Å². The predicted molar refractivity (Wildman–Crippen MR) is 120 cm³/mol. The highest BCUT2D eigenvalue weighted by Crippen LogP contribution is 2.32. The molecule has 0 bridgehead atoms. The van der Waals surface area contributed by atoms with Crippen molar-refractivity contribution < 1.29 is 4.79 Å². The minimum absolute atomic E-state index is 0.0472. The van der Waals surface area contributed by atoms with Crippen molar-refractivity contribution in [3.63, 3.8) is 0 Å². The van der Waals surface area contributed by atoms with E-state index >= 15 is 0 Å². The first kappa shape index (κ1) is 20.9. The zero-order chi connectivity index (χ0) is 21.4. The Morgan fingerprint density at radius 2 is 1.97 bits per heavy atom. The second-order valence-corrected chi connectivity index (χ2v) is 9.42. The number of piperazine rings is 1. The van der Waals surface area contributed by atoms with Crippen molar-refractivity contribution in [2.75, 3.05) is 26.2 Å². The SMILES string of the molecule is Cc1nn(-c2cccc(Cl)c2)c2sc(C(=O)N3CCN(C(C#N)C(C)C)CC3)cc12. The number of amides is 1. The van der Waals surface area contributed by atoms with Crippen LogP contribution in [0.1, 0.15) is 29.2 Å². The second kappa shape index (κ2) is 8.38. The number of hydrogen-bond donors (Lipinski definition) is 0. The molecule has 0 spiro atoms. The maximum absolute atomic E-state index is 13.2. The normalized spacial score (nSPS) is 16.2. The number of carbonyl (C=O) groups is 1. The quantitative estimate of drug-likeness (QED) is 0.603. The third kappa shape index (κ3) is 3.83. The van der Waals surface area contributed by atoms with Crippen molar-refractivity contribution >= 4 is 39.1 Å². The molecule has 1 unspecified atom stereocenters. The summed E-state index contributed by atoms with van der Waals surface area (Å²) in [5.41, 5.74) is 1.77. The summed E-state index contributed by atoms with van der Waals surface area (Å²) in [6, 6.07) is 11.8. The maximum Gasteiger partial charge on any atom is 0.264 e. The largest absolute Gasteiger partial charge is 0.335 e. The summed E-state index contributed by atoms with van der Waals surface area (Å²) in [6.45, 7) is 8.80. The molecule has 3 aromatic rings. The first-order chi connectivity index (χ1) is 14.4. The van der Waals surface area contributed by atoms with E-state index in [-0.39, 0.29) is 17.9 Å². The molecule has 1 fully saturated rings. The number of carbonyl (C=O) groups excluding carboxylic acids is 1. The van der Waals surface area contributed by atoms with Crippen LogP contribution in [-0.4, -0.2) is 57.7 Å². The molecule has 0 saturated carbocycles. The number of aryl methyl sites for hydroxylation is 1. The summed E-state index contributed by atoms with van der Waals surface area (Å²) in [4.78, 5) is 18.9. The van der Waals surface area contributed by atoms with E-state index in [0.29, 0.717) is 18.1 Å². The van der Waals surface area contributed by atoms with Crippen molar-refractivity contribution in [3.8, 4) is 11.8 Å². The molecule has 1 atom stereocenters. The molecule has 30 heavy (non-hydrogen) atoms. The second-order valence-electron chi connectivity index (χ2n) is 7.95. The molecule has 0 radical (unpaired) electrons. The lowest BCUT2D eigenvalue weighted by molar-refractivity contribution is 0.0581. The number of rotatable bonds is 4. The first-order valence-corrected chi connectivity index (χ1v) is 11.3. The fraction of sp³-hybridized carbons (Fsp3) is 0.409. The van der Waals surface area contributed by atoms with E-state index in [1.54, 1.807) is 0 Å². The molecule has 1 saturated heterocycles. The van der Waals surface area contributed by atoms with Crippen LogP contribution in [0.2, 0.25) is 5.02 Å². The minimum atomic E-state index is -0.0992. The molecule has 3 heterocycles. The van der Waals surface area contributed by atoms with E-state index in [0.717, 1.165) is 39.6 Å². The number of hydrogen-bond acceptors (Lipinski definition) is 5. The van der Waals surface area contributed by atoms with Crippen molar-refractivity contribution in [2.45, 2.75) is 26.8 Å². The molecule has 1 aliphatic heterocycles. The third-order valence-electron chi connectivity index (χ3n) is 5.57. The van der Waals surface area contributed by atoms with Gasteiger partial charge in [0.05, 0.1) is 22.3 Å². The number of benzene rings is 1. The Bertz CT molecular complexity index is 1120. The van der Waals surface area contributed by atoms with Crippen LogP contribution in [0.5, 0.6) is 0 Å². The van der Waals surface area contributed by atoms with Crippen LogP contribution in [0.4, 0.5) is 0 Å². The van der Waals surface area contributed by atoms with Crippen LogP contribution in [0, 0.1) is 24.2 Å². The number of halogens is 1. The Labute approximate surface area is 185 Å². The summed E-state index contributed by atoms with van der Waals surface area (Å²) in [7, 11) is 0. The van der Waals surface area contributed by atoms with Gasteiger partial charge >= 0.3 is 0 Å². The topological polar surface area (TPSA) is 65.2 Å². The molecule has 0 N–H and O–H groups in total. The molecule has 156 valence electrons. The summed E-state index contributed by atoms with van der Waals surface area (Å²) in [5.74, 6) is 0.322. The van der Waals surface area contributed by atoms with Crippen molar-refractivity contribution in [3.05, 3.63) is 45.9 Å². The summed E-state index contributed by atoms with van der Waals surface area (Å²) >= 11 is 7.62. The number of nitriles is 1. The van der Waals surface area contributed by atoms with Gasteiger partial charge in [-0.15, -0.1) is 11.3 Å². The summed E-state index contributed by atoms with van der Waals surface area (Å²) in [5, 5.41) is 15.7. The van der Waals surface area contributed by atoms with E-state index in [2.05, 4.69) is 29.9 Å². The lowest BCUT2D eigenvalue weighted by Crippen LogP contribution is -2.52. The predicted octanol–water partition coefficient (Wildman–Crippen LogP) is 4.35. The third-order valence-corrected chi connectivity index (χ3v) is 6.90. The van der Waals surface area contributed by atoms with Gasteiger partial charge in [0.2, 0.25) is 0 Å². The molecule has 0 aliphatic carbocycles. The Kier molecular flexibility index (Phi) is 5.83. The van der Waals surface area contributed by atoms with Crippen molar-refractivity contribution in [1.82, 2.24) is 19.6 Å². The van der Waals surface area contributed by atoms with Crippen molar-refractivity contribution in [1.29, 1.82) is 5.26 Å². The number of aromatic nitrogens is 2. The summed E-state index contributed by atoms with van der Waals surface area (Å²) < 4.78 is 1.86. The molecule has 2 aromatic heterocycles. The van der Waals surface area contributed by atoms with E-state index in [9.17, 15) is 10.1 Å². The van der Waals surface area contributed by atoms with Gasteiger partial charge in [0.1, 0.15) is 10.9 Å². The smallest absolute Gasteiger partial charge is 0.264 e. The number of fused-ring (bicyclic) bond motifs is 1. The van der Waals surface area contributed by atoms with Crippen LogP contribution in [0.25, 0.3) is 15.9 Å². The maximum atomic E-state index is 13.2. The van der Waals surface area contributed by atoms with Gasteiger partial charge in [-0.25, -0.2) is 4.68 Å². The lowest BCUT2D eigenvalue weighted by Gasteiger charge is -2.38. The first-order valence-electron chi connectivity index (χ1n) is 10.1. The molecule has 6 nitrogen and oxygen atoms in total. The van der Waals surface area contributed by atoms with Gasteiger partial charge < -0.3 is 4.90 Å². The van der Waals surface area contributed by atoms with Gasteiger partial charge in [-0.3, -0.25) is 9.69 Å². The fourth-order valence-electron chi connectivity index (χ4n) is 3.95. The zero-order valence-corrected chi connectivity index (χ0v) is 18.9. The highest BCUT2D eigenvalue weighted by Gasteiger charge is 2.29. The average molecular weight is 442 g/mol. The summed E-state index contributed by atoms with van der Waals surface area (Å²) in [6.07, 6.45) is 0. The molecular weight excluding hydrogens is 418 g/mol. The Morgan fingerprint density at radius 3 is 2.60 bits per heavy atom. The average Bonchev–Trinajstić information content (AvgIpc) is 3.29. The zero-order valence-electron chi connectivity index (χ0n) is 17.3. The van der Waals surface area contributed by atoms with Gasteiger partial charge in [0.25, 0.3) is 5.91 Å². The minimum Gasteiger partial charge on any atom is -0.335 e. The number of nitrogens with zero attached hydrogens (tertiary/aromatic N) is 5. The van der Waals surface area contributed by atoms with E-state index < -0.39 is 0 Å². The fourth-order valence-corrected chi connectivity index (χ4v) is 5.28. The van der Waals surface area contributed by atoms with Crippen LogP contribution < -0.4 is 0 Å². The molecule has 8 heteroatoms. The van der Waals surface area contributed by atoms with Gasteiger partial charge in [0, 0.05) is 36.6 Å². The molecule has 1 amide bonds. The highest BCUT2D eigenvalue weighted by atomic mass is 35.5. The standard InChI is InChI=1S/C22H24ClN5OS/c1-14(2)19(13-24)26-7-9-27(10-8-26)21(29)20-12-18-15(3)25-28(22(18)30-20)17-6-4-5-16(23)11-17/h4-6,11-12,14,19H,7-10H2,1-3H3. The molecule has 4 rings (SSSR count). The Morgan fingerprint density at radius 1 is 1.23 bits per heavy atom. The van der Waals surface area contributed by atoms with E-state index in [1.165, 1.54) is 11.3 Å². The molecule has 1 aromatic carbocycles. The highest BCUT2D eigenvalue weighted by molar-refractivity contribution is 7.20. The van der Waals surface area contributed by atoms with Gasteiger partial charge in [-0.2, -0.15) is 10.4 Å². The van der Waals surface area contributed by atoms with Gasteiger partial charge in [0.15, 0.2) is 0 Å². The van der Waals surface area contributed by atoms with Crippen molar-refractivity contribution in [2.24, 2.45) is 5.92 Å².